The third-order valence-electron chi connectivity index (χ3n) is 1.78. The number of hydrogen-bond donors (Lipinski definition) is 0. The molecule has 86 valence electrons. The average Bonchev–Trinajstić information content (AvgIpc) is 2.13. The molecule has 0 fully saturated rings. The second-order valence-electron chi connectivity index (χ2n) is 3.26. The highest BCUT2D eigenvalue weighted by Crippen LogP contribution is 2.10. The summed E-state index contributed by atoms with van der Waals surface area (Å²) >= 11 is 0. The Kier molecular flexibility index (Phi) is 7.64. The molecule has 0 radical (unpaired) electrons. The van der Waals surface area contributed by atoms with E-state index >= 15 is 0 Å². The first kappa shape index (κ1) is 13.9. The number of carbonyl (C=O) groups is 1. The van der Waals surface area contributed by atoms with Crippen molar-refractivity contribution >= 4 is 5.97 Å². The van der Waals surface area contributed by atoms with Crippen LogP contribution in [0.4, 0.5) is 0 Å². The zero-order valence-corrected chi connectivity index (χ0v) is 9.73. The first-order chi connectivity index (χ1) is 7.10. The van der Waals surface area contributed by atoms with Crippen LogP contribution in [0.25, 0.3) is 0 Å². The maximum atomic E-state index is 10.7. The standard InChI is InChI=1S/C12H20O3/c1-5-7-9-12(8-6-2)15-11(4)14-10(3)13/h5-7,11-12H,2,8-9H2,1,3-4H3/b7-5+. The summed E-state index contributed by atoms with van der Waals surface area (Å²) < 4.78 is 10.4. The van der Waals surface area contributed by atoms with Crippen LogP contribution in [-0.4, -0.2) is 18.4 Å². The topological polar surface area (TPSA) is 35.5 Å². The van der Waals surface area contributed by atoms with Gasteiger partial charge in [0.15, 0.2) is 6.29 Å². The van der Waals surface area contributed by atoms with Gasteiger partial charge in [-0.25, -0.2) is 0 Å². The van der Waals surface area contributed by atoms with Crippen LogP contribution in [0.15, 0.2) is 24.8 Å². The van der Waals surface area contributed by atoms with Gasteiger partial charge in [-0.2, -0.15) is 0 Å². The predicted octanol–water partition coefficient (Wildman–Crippen LogP) is 2.82. The van der Waals surface area contributed by atoms with Crippen molar-refractivity contribution in [2.75, 3.05) is 0 Å². The quantitative estimate of drug-likeness (QED) is 0.370. The van der Waals surface area contributed by atoms with E-state index in [1.54, 1.807) is 13.0 Å². The van der Waals surface area contributed by atoms with E-state index in [1.807, 2.05) is 19.1 Å². The highest BCUT2D eigenvalue weighted by Gasteiger charge is 2.12. The van der Waals surface area contributed by atoms with E-state index in [0.717, 1.165) is 12.8 Å². The molecule has 0 bridgehead atoms. The fraction of sp³-hybridized carbons (Fsp3) is 0.583. The molecule has 3 heteroatoms. The normalized spacial score (nSPS) is 14.9. The zero-order chi connectivity index (χ0) is 11.7. The fourth-order valence-electron chi connectivity index (χ4n) is 1.21. The maximum absolute atomic E-state index is 10.7. The van der Waals surface area contributed by atoms with Crippen LogP contribution in [-0.2, 0) is 14.3 Å². The summed E-state index contributed by atoms with van der Waals surface area (Å²) in [5, 5.41) is 0. The zero-order valence-electron chi connectivity index (χ0n) is 9.73. The molecule has 0 saturated heterocycles. The van der Waals surface area contributed by atoms with Gasteiger partial charge in [0.05, 0.1) is 6.10 Å². The summed E-state index contributed by atoms with van der Waals surface area (Å²) in [4.78, 5) is 10.7. The lowest BCUT2D eigenvalue weighted by Gasteiger charge is -2.19. The van der Waals surface area contributed by atoms with Gasteiger partial charge < -0.3 is 9.47 Å². The van der Waals surface area contributed by atoms with Crippen molar-refractivity contribution in [2.45, 2.75) is 46.0 Å². The number of ether oxygens (including phenoxy) is 2. The molecular formula is C12H20O3. The van der Waals surface area contributed by atoms with E-state index in [4.69, 9.17) is 9.47 Å². The van der Waals surface area contributed by atoms with Crippen LogP contribution in [0.3, 0.4) is 0 Å². The molecule has 0 amide bonds. The molecule has 0 aliphatic carbocycles. The summed E-state index contributed by atoms with van der Waals surface area (Å²) in [6.45, 7) is 8.71. The summed E-state index contributed by atoms with van der Waals surface area (Å²) in [7, 11) is 0. The van der Waals surface area contributed by atoms with Crippen molar-refractivity contribution in [1.82, 2.24) is 0 Å². The fourth-order valence-corrected chi connectivity index (χ4v) is 1.21. The van der Waals surface area contributed by atoms with E-state index in [0.29, 0.717) is 0 Å². The lowest BCUT2D eigenvalue weighted by Crippen LogP contribution is -2.23. The third-order valence-corrected chi connectivity index (χ3v) is 1.78. The Morgan fingerprint density at radius 1 is 1.47 bits per heavy atom. The molecule has 0 heterocycles. The summed E-state index contributed by atoms with van der Waals surface area (Å²) in [5.41, 5.74) is 0. The molecule has 2 atom stereocenters. The van der Waals surface area contributed by atoms with E-state index in [-0.39, 0.29) is 12.1 Å². The molecule has 0 rings (SSSR count). The molecule has 2 unspecified atom stereocenters. The van der Waals surface area contributed by atoms with Gasteiger partial charge in [0.2, 0.25) is 0 Å². The van der Waals surface area contributed by atoms with Crippen LogP contribution < -0.4 is 0 Å². The molecule has 0 aliphatic heterocycles. The Balaban J connectivity index is 4.01. The van der Waals surface area contributed by atoms with Gasteiger partial charge >= 0.3 is 5.97 Å². The van der Waals surface area contributed by atoms with Gasteiger partial charge in [-0.1, -0.05) is 18.2 Å². The minimum Gasteiger partial charge on any atom is -0.436 e. The maximum Gasteiger partial charge on any atom is 0.304 e. The number of esters is 1. The molecule has 0 aromatic heterocycles. The first-order valence-corrected chi connectivity index (χ1v) is 5.14. The lowest BCUT2D eigenvalue weighted by atomic mass is 10.2. The van der Waals surface area contributed by atoms with Crippen molar-refractivity contribution in [3.05, 3.63) is 24.8 Å². The molecule has 0 N–H and O–H groups in total. The van der Waals surface area contributed by atoms with Gasteiger partial charge in [0.25, 0.3) is 0 Å². The van der Waals surface area contributed by atoms with E-state index in [1.165, 1.54) is 6.92 Å². The van der Waals surface area contributed by atoms with Crippen molar-refractivity contribution in [1.29, 1.82) is 0 Å². The number of carbonyl (C=O) groups excluding carboxylic acids is 1. The van der Waals surface area contributed by atoms with Gasteiger partial charge in [-0.05, 0) is 26.7 Å². The summed E-state index contributed by atoms with van der Waals surface area (Å²) in [6, 6.07) is 0. The van der Waals surface area contributed by atoms with E-state index in [9.17, 15) is 4.79 Å². The van der Waals surface area contributed by atoms with Crippen molar-refractivity contribution in [3.8, 4) is 0 Å². The van der Waals surface area contributed by atoms with Crippen LogP contribution in [0.2, 0.25) is 0 Å². The smallest absolute Gasteiger partial charge is 0.304 e. The Hall–Kier alpha value is -1.09. The van der Waals surface area contributed by atoms with Crippen molar-refractivity contribution < 1.29 is 14.3 Å². The molecule has 0 aromatic carbocycles. The predicted molar refractivity (Wildman–Crippen MR) is 60.3 cm³/mol. The second kappa shape index (κ2) is 8.24. The lowest BCUT2D eigenvalue weighted by molar-refractivity contribution is -0.181. The molecule has 0 saturated carbocycles. The third kappa shape index (κ3) is 7.94. The Morgan fingerprint density at radius 2 is 2.13 bits per heavy atom. The number of rotatable bonds is 7. The minimum atomic E-state index is -0.502. The van der Waals surface area contributed by atoms with Crippen molar-refractivity contribution in [2.24, 2.45) is 0 Å². The monoisotopic (exact) mass is 212 g/mol. The van der Waals surface area contributed by atoms with Crippen LogP contribution in [0.5, 0.6) is 0 Å². The average molecular weight is 212 g/mol. The number of hydrogen-bond acceptors (Lipinski definition) is 3. The molecule has 3 nitrogen and oxygen atoms in total. The van der Waals surface area contributed by atoms with Gasteiger partial charge in [0.1, 0.15) is 0 Å². The van der Waals surface area contributed by atoms with Crippen LogP contribution in [0.1, 0.15) is 33.6 Å². The molecule has 0 aliphatic rings. The number of allylic oxidation sites excluding steroid dienone is 1. The van der Waals surface area contributed by atoms with Crippen molar-refractivity contribution in [3.63, 3.8) is 0 Å². The summed E-state index contributed by atoms with van der Waals surface area (Å²) in [6.07, 6.45) is 6.86. The Bertz CT molecular complexity index is 221. The minimum absolute atomic E-state index is 0.0213. The van der Waals surface area contributed by atoms with Gasteiger partial charge in [0, 0.05) is 6.92 Å². The largest absolute Gasteiger partial charge is 0.436 e. The molecular weight excluding hydrogens is 192 g/mol. The molecule has 0 aromatic rings. The summed E-state index contributed by atoms with van der Waals surface area (Å²) in [5.74, 6) is -0.328. The second-order valence-corrected chi connectivity index (χ2v) is 3.26. The SMILES string of the molecule is C=CCC(C/C=C/C)OC(C)OC(C)=O. The van der Waals surface area contributed by atoms with Crippen LogP contribution >= 0.6 is 0 Å². The Morgan fingerprint density at radius 3 is 2.60 bits per heavy atom. The highest BCUT2D eigenvalue weighted by atomic mass is 16.7. The van der Waals surface area contributed by atoms with E-state index < -0.39 is 6.29 Å². The van der Waals surface area contributed by atoms with Gasteiger partial charge in [-0.3, -0.25) is 4.79 Å². The molecule has 15 heavy (non-hydrogen) atoms. The van der Waals surface area contributed by atoms with E-state index in [2.05, 4.69) is 6.58 Å². The van der Waals surface area contributed by atoms with Gasteiger partial charge in [-0.15, -0.1) is 6.58 Å². The first-order valence-electron chi connectivity index (χ1n) is 5.14. The molecule has 0 spiro atoms. The van der Waals surface area contributed by atoms with Crippen LogP contribution in [0, 0.1) is 0 Å². The Labute approximate surface area is 91.8 Å². The highest BCUT2D eigenvalue weighted by molar-refractivity contribution is 5.65.